The van der Waals surface area contributed by atoms with Gasteiger partial charge in [-0.2, -0.15) is 0 Å². The molecule has 3 nitrogen and oxygen atoms in total. The third kappa shape index (κ3) is 2.01. The first-order chi connectivity index (χ1) is 8.79. The van der Waals surface area contributed by atoms with Gasteiger partial charge in [-0.25, -0.2) is 9.97 Å². The van der Waals surface area contributed by atoms with Crippen molar-refractivity contribution in [3.05, 3.63) is 24.2 Å². The number of imidazole rings is 1. The second kappa shape index (κ2) is 4.88. The molecule has 2 aromatic heterocycles. The lowest BCUT2D eigenvalue weighted by atomic mass is 9.87. The number of hydrogen-bond acceptors (Lipinski definition) is 2. The van der Waals surface area contributed by atoms with Crippen LogP contribution >= 0.6 is 11.6 Å². The van der Waals surface area contributed by atoms with E-state index in [-0.39, 0.29) is 0 Å². The third-order valence-corrected chi connectivity index (χ3v) is 4.15. The smallest absolute Gasteiger partial charge is 0.160 e. The van der Waals surface area contributed by atoms with Crippen molar-refractivity contribution in [2.24, 2.45) is 5.92 Å². The molecule has 4 heteroatoms. The molecule has 2 atom stereocenters. The van der Waals surface area contributed by atoms with E-state index in [0.717, 1.165) is 22.9 Å². The number of nitrogens with zero attached hydrogens (tertiary/aromatic N) is 3. The predicted molar refractivity (Wildman–Crippen MR) is 73.8 cm³/mol. The molecular weight excluding hydrogens is 246 g/mol. The lowest BCUT2D eigenvalue weighted by molar-refractivity contribution is 0.283. The van der Waals surface area contributed by atoms with Crippen LogP contribution in [0, 0.1) is 5.92 Å². The van der Waals surface area contributed by atoms with E-state index in [4.69, 9.17) is 11.6 Å². The summed E-state index contributed by atoms with van der Waals surface area (Å²) in [6, 6.07) is 4.46. The number of hydrogen-bond donors (Lipinski definition) is 0. The van der Waals surface area contributed by atoms with Gasteiger partial charge in [0.1, 0.15) is 11.3 Å². The Bertz CT molecular complexity index is 549. The van der Waals surface area contributed by atoms with Gasteiger partial charge in [0.05, 0.1) is 5.88 Å². The minimum Gasteiger partial charge on any atom is -0.309 e. The number of rotatable bonds is 2. The van der Waals surface area contributed by atoms with Crippen molar-refractivity contribution in [2.75, 3.05) is 0 Å². The van der Waals surface area contributed by atoms with Crippen LogP contribution in [0.25, 0.3) is 11.2 Å². The number of fused-ring (bicyclic) bond motifs is 1. The van der Waals surface area contributed by atoms with Crippen LogP contribution in [-0.4, -0.2) is 14.5 Å². The molecule has 0 bridgehead atoms. The van der Waals surface area contributed by atoms with Gasteiger partial charge in [0.15, 0.2) is 5.65 Å². The van der Waals surface area contributed by atoms with Gasteiger partial charge in [0, 0.05) is 12.2 Å². The molecule has 0 radical (unpaired) electrons. The Balaban J connectivity index is 2.08. The Morgan fingerprint density at radius 3 is 3.11 bits per heavy atom. The van der Waals surface area contributed by atoms with Gasteiger partial charge in [-0.05, 0) is 30.9 Å². The largest absolute Gasteiger partial charge is 0.309 e. The van der Waals surface area contributed by atoms with Crippen molar-refractivity contribution < 1.29 is 0 Å². The maximum atomic E-state index is 6.05. The molecule has 0 saturated heterocycles. The van der Waals surface area contributed by atoms with Crippen LogP contribution in [0.5, 0.6) is 0 Å². The van der Waals surface area contributed by atoms with Gasteiger partial charge in [-0.1, -0.05) is 19.8 Å². The monoisotopic (exact) mass is 263 g/mol. The Morgan fingerprint density at radius 2 is 2.33 bits per heavy atom. The normalized spacial score (nSPS) is 24.6. The molecule has 2 aromatic rings. The third-order valence-electron chi connectivity index (χ3n) is 3.92. The van der Waals surface area contributed by atoms with Gasteiger partial charge in [0.2, 0.25) is 0 Å². The molecule has 0 aliphatic heterocycles. The molecule has 0 N–H and O–H groups in total. The van der Waals surface area contributed by atoms with E-state index in [1.165, 1.54) is 25.7 Å². The summed E-state index contributed by atoms with van der Waals surface area (Å²) in [5.41, 5.74) is 1.96. The molecule has 1 aliphatic carbocycles. The molecule has 1 aliphatic rings. The van der Waals surface area contributed by atoms with Crippen LogP contribution in [0.4, 0.5) is 0 Å². The highest BCUT2D eigenvalue weighted by molar-refractivity contribution is 6.16. The second-order valence-electron chi connectivity index (χ2n) is 5.30. The molecule has 1 saturated carbocycles. The van der Waals surface area contributed by atoms with Crippen molar-refractivity contribution in [3.8, 4) is 0 Å². The summed E-state index contributed by atoms with van der Waals surface area (Å²) >= 11 is 6.05. The molecule has 2 unspecified atom stereocenters. The lowest BCUT2D eigenvalue weighted by Crippen LogP contribution is -2.19. The quantitative estimate of drug-likeness (QED) is 0.769. The van der Waals surface area contributed by atoms with Crippen molar-refractivity contribution in [2.45, 2.75) is 44.5 Å². The van der Waals surface area contributed by atoms with Gasteiger partial charge >= 0.3 is 0 Å². The van der Waals surface area contributed by atoms with Crippen LogP contribution in [0.15, 0.2) is 18.3 Å². The van der Waals surface area contributed by atoms with E-state index in [9.17, 15) is 0 Å². The number of pyridine rings is 1. The predicted octanol–water partition coefficient (Wildman–Crippen LogP) is 3.92. The first kappa shape index (κ1) is 12.0. The number of alkyl halides is 1. The minimum absolute atomic E-state index is 0.460. The Labute approximate surface area is 112 Å². The van der Waals surface area contributed by atoms with E-state index < -0.39 is 0 Å². The van der Waals surface area contributed by atoms with Gasteiger partial charge < -0.3 is 4.57 Å². The Hall–Kier alpha value is -1.09. The fraction of sp³-hybridized carbons (Fsp3) is 0.571. The molecule has 1 fully saturated rings. The molecule has 0 spiro atoms. The summed E-state index contributed by atoms with van der Waals surface area (Å²) in [5.74, 6) is 2.21. The van der Waals surface area contributed by atoms with E-state index in [2.05, 4.69) is 21.5 Å². The highest BCUT2D eigenvalue weighted by Gasteiger charge is 2.24. The van der Waals surface area contributed by atoms with E-state index in [1.54, 1.807) is 0 Å². The minimum atomic E-state index is 0.460. The van der Waals surface area contributed by atoms with Crippen LogP contribution in [0.2, 0.25) is 0 Å². The van der Waals surface area contributed by atoms with Crippen LogP contribution in [0.3, 0.4) is 0 Å². The molecule has 0 amide bonds. The molecule has 0 aromatic carbocycles. The summed E-state index contributed by atoms with van der Waals surface area (Å²) in [7, 11) is 0. The summed E-state index contributed by atoms with van der Waals surface area (Å²) in [6.45, 7) is 2.33. The van der Waals surface area contributed by atoms with Gasteiger partial charge in [0.25, 0.3) is 0 Å². The second-order valence-corrected chi connectivity index (χ2v) is 5.57. The molecule has 96 valence electrons. The summed E-state index contributed by atoms with van der Waals surface area (Å²) < 4.78 is 2.28. The van der Waals surface area contributed by atoms with Crippen molar-refractivity contribution >= 4 is 22.8 Å². The standard InChI is InChI=1S/C14H18ClN3/c1-10-4-2-5-11(8-10)18-13(9-15)17-12-6-3-7-16-14(12)18/h3,6-7,10-11H,2,4-5,8-9H2,1H3. The number of halogens is 1. The average molecular weight is 264 g/mol. The maximum Gasteiger partial charge on any atom is 0.160 e. The maximum absolute atomic E-state index is 6.05. The van der Waals surface area contributed by atoms with Gasteiger partial charge in [-0.3, -0.25) is 0 Å². The Morgan fingerprint density at radius 1 is 1.44 bits per heavy atom. The van der Waals surface area contributed by atoms with E-state index in [0.29, 0.717) is 11.9 Å². The van der Waals surface area contributed by atoms with Crippen LogP contribution in [0.1, 0.15) is 44.5 Å². The summed E-state index contributed by atoms with van der Waals surface area (Å²) in [6.07, 6.45) is 6.90. The van der Waals surface area contributed by atoms with Gasteiger partial charge in [-0.15, -0.1) is 11.6 Å². The SMILES string of the molecule is CC1CCCC(n2c(CCl)nc3cccnc32)C1. The topological polar surface area (TPSA) is 30.7 Å². The van der Waals surface area contributed by atoms with Crippen molar-refractivity contribution in [1.29, 1.82) is 0 Å². The average Bonchev–Trinajstić information content (AvgIpc) is 2.77. The molecule has 3 rings (SSSR count). The molecular formula is C14H18ClN3. The molecule has 2 heterocycles. The first-order valence-electron chi connectivity index (χ1n) is 6.67. The lowest BCUT2D eigenvalue weighted by Gasteiger charge is -2.29. The zero-order chi connectivity index (χ0) is 12.5. The zero-order valence-electron chi connectivity index (χ0n) is 10.6. The Kier molecular flexibility index (Phi) is 3.25. The highest BCUT2D eigenvalue weighted by Crippen LogP contribution is 2.35. The van der Waals surface area contributed by atoms with Crippen LogP contribution in [-0.2, 0) is 5.88 Å². The van der Waals surface area contributed by atoms with E-state index >= 15 is 0 Å². The first-order valence-corrected chi connectivity index (χ1v) is 7.21. The molecule has 18 heavy (non-hydrogen) atoms. The zero-order valence-corrected chi connectivity index (χ0v) is 11.4. The number of aromatic nitrogens is 3. The van der Waals surface area contributed by atoms with E-state index in [1.807, 2.05) is 18.3 Å². The fourth-order valence-electron chi connectivity index (χ4n) is 3.09. The van der Waals surface area contributed by atoms with Crippen molar-refractivity contribution in [1.82, 2.24) is 14.5 Å². The summed E-state index contributed by atoms with van der Waals surface area (Å²) in [5, 5.41) is 0. The fourth-order valence-corrected chi connectivity index (χ4v) is 3.28. The highest BCUT2D eigenvalue weighted by atomic mass is 35.5. The van der Waals surface area contributed by atoms with Crippen LogP contribution < -0.4 is 0 Å². The van der Waals surface area contributed by atoms with Crippen molar-refractivity contribution in [3.63, 3.8) is 0 Å². The summed E-state index contributed by atoms with van der Waals surface area (Å²) in [4.78, 5) is 9.09.